The first kappa shape index (κ1) is 15.7. The minimum Gasteiger partial charge on any atom is -0.396 e. The van der Waals surface area contributed by atoms with Gasteiger partial charge in [0.05, 0.1) is 0 Å². The molecule has 0 heterocycles. The Labute approximate surface area is 116 Å². The van der Waals surface area contributed by atoms with Crippen LogP contribution < -0.4 is 5.32 Å². The molecule has 0 aliphatic rings. The first-order chi connectivity index (χ1) is 8.85. The van der Waals surface area contributed by atoms with Gasteiger partial charge in [-0.05, 0) is 31.2 Å². The Morgan fingerprint density at radius 1 is 1.32 bits per heavy atom. The molecule has 0 aliphatic heterocycles. The molecule has 3 heteroatoms. The van der Waals surface area contributed by atoms with Crippen molar-refractivity contribution in [2.75, 3.05) is 6.61 Å². The van der Waals surface area contributed by atoms with E-state index in [2.05, 4.69) is 50.4 Å². The van der Waals surface area contributed by atoms with Crippen molar-refractivity contribution in [1.29, 1.82) is 0 Å². The van der Waals surface area contributed by atoms with Crippen molar-refractivity contribution >= 4 is 5.91 Å². The van der Waals surface area contributed by atoms with Gasteiger partial charge in [-0.3, -0.25) is 4.79 Å². The summed E-state index contributed by atoms with van der Waals surface area (Å²) in [5, 5.41) is 11.8. The van der Waals surface area contributed by atoms with Crippen molar-refractivity contribution in [3.8, 4) is 0 Å². The minimum absolute atomic E-state index is 0.0197. The fourth-order valence-electron chi connectivity index (χ4n) is 2.10. The lowest BCUT2D eigenvalue weighted by Gasteiger charge is -2.25. The third kappa shape index (κ3) is 5.03. The molecule has 1 aromatic carbocycles. The summed E-state index contributed by atoms with van der Waals surface area (Å²) in [6.45, 7) is 8.22. The van der Waals surface area contributed by atoms with Gasteiger partial charge in [0.15, 0.2) is 0 Å². The third-order valence-corrected chi connectivity index (χ3v) is 3.41. The molecule has 2 N–H and O–H groups in total. The largest absolute Gasteiger partial charge is 0.396 e. The highest BCUT2D eigenvalue weighted by Crippen LogP contribution is 2.27. The number of aryl methyl sites for hydroxylation is 1. The van der Waals surface area contributed by atoms with E-state index in [9.17, 15) is 4.79 Å². The molecule has 0 saturated carbocycles. The Morgan fingerprint density at radius 3 is 2.42 bits per heavy atom. The number of rotatable bonds is 6. The Bertz CT molecular complexity index is 409. The van der Waals surface area contributed by atoms with Crippen LogP contribution in [-0.2, 0) is 10.2 Å². The zero-order chi connectivity index (χ0) is 14.5. The number of hydrogen-bond donors (Lipinski definition) is 2. The lowest BCUT2D eigenvalue weighted by atomic mass is 9.81. The van der Waals surface area contributed by atoms with Crippen LogP contribution in [0.1, 0.15) is 44.7 Å². The van der Waals surface area contributed by atoms with Crippen LogP contribution in [0.3, 0.4) is 0 Å². The second-order valence-electron chi connectivity index (χ2n) is 5.91. The highest BCUT2D eigenvalue weighted by Gasteiger charge is 2.24. The monoisotopic (exact) mass is 263 g/mol. The second kappa shape index (κ2) is 6.71. The Kier molecular flexibility index (Phi) is 5.55. The topological polar surface area (TPSA) is 49.3 Å². The molecule has 1 rings (SSSR count). The van der Waals surface area contributed by atoms with Crippen LogP contribution in [0, 0.1) is 6.92 Å². The molecule has 0 bridgehead atoms. The van der Waals surface area contributed by atoms with Crippen molar-refractivity contribution in [3.05, 3.63) is 35.4 Å². The van der Waals surface area contributed by atoms with Crippen LogP contribution in [0.15, 0.2) is 24.3 Å². The first-order valence-corrected chi connectivity index (χ1v) is 6.82. The van der Waals surface area contributed by atoms with Gasteiger partial charge >= 0.3 is 0 Å². The number of hydrogen-bond acceptors (Lipinski definition) is 2. The maximum atomic E-state index is 12.0. The van der Waals surface area contributed by atoms with E-state index in [0.29, 0.717) is 12.8 Å². The molecule has 1 unspecified atom stereocenters. The Hall–Kier alpha value is -1.35. The van der Waals surface area contributed by atoms with Crippen molar-refractivity contribution < 1.29 is 9.90 Å². The smallest absolute Gasteiger partial charge is 0.221 e. The van der Waals surface area contributed by atoms with Crippen LogP contribution >= 0.6 is 0 Å². The molecular weight excluding hydrogens is 238 g/mol. The van der Waals surface area contributed by atoms with Crippen LogP contribution in [-0.4, -0.2) is 23.7 Å². The highest BCUT2D eigenvalue weighted by molar-refractivity contribution is 5.77. The summed E-state index contributed by atoms with van der Waals surface area (Å²) < 4.78 is 0. The summed E-state index contributed by atoms with van der Waals surface area (Å²) in [6.07, 6.45) is 1.04. The van der Waals surface area contributed by atoms with Crippen LogP contribution in [0.5, 0.6) is 0 Å². The fraction of sp³-hybridized carbons (Fsp3) is 0.562. The highest BCUT2D eigenvalue weighted by atomic mass is 16.3. The number of aliphatic hydroxyl groups is 1. The molecule has 0 fully saturated rings. The second-order valence-corrected chi connectivity index (χ2v) is 5.91. The van der Waals surface area contributed by atoms with Crippen LogP contribution in [0.4, 0.5) is 0 Å². The summed E-state index contributed by atoms with van der Waals surface area (Å²) >= 11 is 0. The van der Waals surface area contributed by atoms with Gasteiger partial charge in [-0.2, -0.15) is 0 Å². The maximum Gasteiger partial charge on any atom is 0.221 e. The number of aliphatic hydroxyl groups excluding tert-OH is 1. The molecule has 0 spiro atoms. The van der Waals surface area contributed by atoms with E-state index < -0.39 is 0 Å². The van der Waals surface area contributed by atoms with Gasteiger partial charge < -0.3 is 10.4 Å². The van der Waals surface area contributed by atoms with Crippen molar-refractivity contribution in [2.24, 2.45) is 0 Å². The molecule has 0 aromatic heterocycles. The number of carbonyl (C=O) groups excluding carboxylic acids is 1. The van der Waals surface area contributed by atoms with E-state index in [1.54, 1.807) is 0 Å². The van der Waals surface area contributed by atoms with Crippen molar-refractivity contribution in [1.82, 2.24) is 5.32 Å². The van der Waals surface area contributed by atoms with Gasteiger partial charge in [0.25, 0.3) is 0 Å². The van der Waals surface area contributed by atoms with Gasteiger partial charge in [-0.25, -0.2) is 0 Å². The number of amides is 1. The van der Waals surface area contributed by atoms with E-state index in [4.69, 9.17) is 5.11 Å². The summed E-state index contributed by atoms with van der Waals surface area (Å²) in [4.78, 5) is 12.0. The number of nitrogens with one attached hydrogen (secondary N) is 1. The van der Waals surface area contributed by atoms with Crippen LogP contribution in [0.25, 0.3) is 0 Å². The Morgan fingerprint density at radius 2 is 1.89 bits per heavy atom. The summed E-state index contributed by atoms with van der Waals surface area (Å²) in [5.74, 6) is 0.0338. The van der Waals surface area contributed by atoms with Gasteiger partial charge in [0.1, 0.15) is 0 Å². The normalized spacial score (nSPS) is 13.1. The SMILES string of the molecule is Cc1ccc(C(C)(C)CC(=O)NC(C)CCO)cc1. The lowest BCUT2D eigenvalue weighted by molar-refractivity contribution is -0.122. The molecule has 1 atom stereocenters. The molecule has 106 valence electrons. The lowest BCUT2D eigenvalue weighted by Crippen LogP contribution is -2.37. The van der Waals surface area contributed by atoms with E-state index in [0.717, 1.165) is 0 Å². The van der Waals surface area contributed by atoms with Gasteiger partial charge in [0.2, 0.25) is 5.91 Å². The quantitative estimate of drug-likeness (QED) is 0.828. The van der Waals surface area contributed by atoms with E-state index in [1.807, 2.05) is 6.92 Å². The molecule has 0 saturated heterocycles. The average molecular weight is 263 g/mol. The Balaban J connectivity index is 2.63. The van der Waals surface area contributed by atoms with Crippen LogP contribution in [0.2, 0.25) is 0 Å². The first-order valence-electron chi connectivity index (χ1n) is 6.82. The molecule has 1 amide bonds. The van der Waals surface area contributed by atoms with Crippen molar-refractivity contribution in [2.45, 2.75) is 52.0 Å². The maximum absolute atomic E-state index is 12.0. The zero-order valence-electron chi connectivity index (χ0n) is 12.4. The number of carbonyl (C=O) groups is 1. The minimum atomic E-state index is -0.184. The predicted octanol–water partition coefficient (Wildman–Crippen LogP) is 2.55. The standard InChI is InChI=1S/C16H25NO2/c1-12-5-7-14(8-6-12)16(3,4)11-15(19)17-13(2)9-10-18/h5-8,13,18H,9-11H2,1-4H3,(H,17,19). The third-order valence-electron chi connectivity index (χ3n) is 3.41. The van der Waals surface area contributed by atoms with Crippen molar-refractivity contribution in [3.63, 3.8) is 0 Å². The fourth-order valence-corrected chi connectivity index (χ4v) is 2.10. The predicted molar refractivity (Wildman–Crippen MR) is 78.1 cm³/mol. The van der Waals surface area contributed by atoms with Gasteiger partial charge in [-0.1, -0.05) is 43.7 Å². The summed E-state index contributed by atoms with van der Waals surface area (Å²) in [7, 11) is 0. The number of benzene rings is 1. The van der Waals surface area contributed by atoms with E-state index in [-0.39, 0.29) is 24.0 Å². The molecule has 0 aliphatic carbocycles. The average Bonchev–Trinajstić information content (AvgIpc) is 2.28. The summed E-state index contributed by atoms with van der Waals surface area (Å²) in [6, 6.07) is 8.33. The molecule has 0 radical (unpaired) electrons. The molecular formula is C16H25NO2. The van der Waals surface area contributed by atoms with E-state index >= 15 is 0 Å². The van der Waals surface area contributed by atoms with E-state index in [1.165, 1.54) is 11.1 Å². The molecule has 19 heavy (non-hydrogen) atoms. The van der Waals surface area contributed by atoms with Gasteiger partial charge in [-0.15, -0.1) is 0 Å². The zero-order valence-corrected chi connectivity index (χ0v) is 12.4. The van der Waals surface area contributed by atoms with Gasteiger partial charge in [0, 0.05) is 19.1 Å². The summed E-state index contributed by atoms with van der Waals surface area (Å²) in [5.41, 5.74) is 2.21. The molecule has 3 nitrogen and oxygen atoms in total. The molecule has 1 aromatic rings.